The number of hydrogen-bond donors (Lipinski definition) is 0. The molecule has 0 saturated heterocycles. The van der Waals surface area contributed by atoms with Crippen molar-refractivity contribution in [1.82, 2.24) is 0 Å². The Labute approximate surface area is 88.2 Å². The lowest BCUT2D eigenvalue weighted by molar-refractivity contribution is -0.136. The molecule has 0 aliphatic heterocycles. The van der Waals surface area contributed by atoms with E-state index in [9.17, 15) is 4.79 Å². The summed E-state index contributed by atoms with van der Waals surface area (Å²) in [4.78, 5) is 12.6. The van der Waals surface area contributed by atoms with Crippen molar-refractivity contribution in [3.05, 3.63) is 28.0 Å². The Balaban J connectivity index is 2.99. The molecule has 1 aromatic rings. The maximum absolute atomic E-state index is 11.6. The fraction of sp³-hybridized carbons (Fsp3) is 0.364. The van der Waals surface area contributed by atoms with Crippen molar-refractivity contribution in [3.8, 4) is 0 Å². The Hall–Kier alpha value is -1.09. The van der Waals surface area contributed by atoms with Crippen molar-refractivity contribution < 1.29 is 9.53 Å². The molecular formula is C11H14O2S. The summed E-state index contributed by atoms with van der Waals surface area (Å²) in [5.74, 6) is -0.227. The Bertz CT molecular complexity index is 332. The fourth-order valence-electron chi connectivity index (χ4n) is 1.18. The summed E-state index contributed by atoms with van der Waals surface area (Å²) in [5, 5.41) is 1.96. The quantitative estimate of drug-likeness (QED) is 0.566. The fourth-order valence-corrected chi connectivity index (χ4v) is 2.04. The molecule has 0 aliphatic carbocycles. The summed E-state index contributed by atoms with van der Waals surface area (Å²) >= 11 is 1.55. The van der Waals surface area contributed by atoms with Gasteiger partial charge in [-0.2, -0.15) is 0 Å². The molecule has 0 radical (unpaired) electrons. The third kappa shape index (κ3) is 2.45. The second-order valence-corrected chi connectivity index (χ2v) is 4.02. The molecule has 2 nitrogen and oxygen atoms in total. The second-order valence-electron chi connectivity index (χ2n) is 3.07. The first-order valence-electron chi connectivity index (χ1n) is 4.55. The summed E-state index contributed by atoms with van der Waals surface area (Å²) in [7, 11) is 0. The molecule has 0 atom stereocenters. The van der Waals surface area contributed by atoms with E-state index in [4.69, 9.17) is 4.74 Å². The smallest absolute Gasteiger partial charge is 0.339 e. The Morgan fingerprint density at radius 3 is 2.64 bits per heavy atom. The van der Waals surface area contributed by atoms with E-state index in [2.05, 4.69) is 0 Å². The van der Waals surface area contributed by atoms with Crippen molar-refractivity contribution in [1.29, 1.82) is 0 Å². The molecule has 0 saturated carbocycles. The average molecular weight is 210 g/mol. The highest BCUT2D eigenvalue weighted by Crippen LogP contribution is 2.24. The molecule has 3 heteroatoms. The van der Waals surface area contributed by atoms with Gasteiger partial charge in [0.15, 0.2) is 0 Å². The lowest BCUT2D eigenvalue weighted by atomic mass is 10.1. The molecule has 1 heterocycles. The highest BCUT2D eigenvalue weighted by Gasteiger charge is 2.15. The van der Waals surface area contributed by atoms with Crippen LogP contribution in [0.15, 0.2) is 23.1 Å². The summed E-state index contributed by atoms with van der Waals surface area (Å²) in [6.45, 7) is 6.08. The van der Waals surface area contributed by atoms with Gasteiger partial charge in [-0.25, -0.2) is 4.79 Å². The molecule has 14 heavy (non-hydrogen) atoms. The van der Waals surface area contributed by atoms with E-state index in [0.29, 0.717) is 12.2 Å². The van der Waals surface area contributed by atoms with Crippen molar-refractivity contribution in [2.45, 2.75) is 20.8 Å². The van der Waals surface area contributed by atoms with Gasteiger partial charge in [0.25, 0.3) is 0 Å². The third-order valence-corrected chi connectivity index (χ3v) is 2.63. The van der Waals surface area contributed by atoms with Crippen molar-refractivity contribution in [2.75, 3.05) is 6.61 Å². The molecule has 0 amide bonds. The number of allylic oxidation sites excluding steroid dienone is 1. The minimum Gasteiger partial charge on any atom is -0.462 e. The first-order valence-corrected chi connectivity index (χ1v) is 5.43. The molecule has 1 aromatic heterocycles. The van der Waals surface area contributed by atoms with Crippen LogP contribution in [0.1, 0.15) is 25.6 Å². The molecule has 0 unspecified atom stereocenters. The molecule has 76 valence electrons. The van der Waals surface area contributed by atoms with Crippen LogP contribution in [0.25, 0.3) is 5.57 Å². The van der Waals surface area contributed by atoms with E-state index in [1.165, 1.54) is 0 Å². The van der Waals surface area contributed by atoms with E-state index >= 15 is 0 Å². The Morgan fingerprint density at radius 1 is 1.50 bits per heavy atom. The van der Waals surface area contributed by atoms with E-state index in [1.807, 2.05) is 38.3 Å². The number of hydrogen-bond acceptors (Lipinski definition) is 3. The number of carbonyl (C=O) groups is 1. The zero-order chi connectivity index (χ0) is 10.6. The van der Waals surface area contributed by atoms with Crippen LogP contribution in [0.4, 0.5) is 0 Å². The van der Waals surface area contributed by atoms with Crippen LogP contribution in [0.2, 0.25) is 0 Å². The van der Waals surface area contributed by atoms with Crippen LogP contribution in [-0.4, -0.2) is 12.6 Å². The normalized spacial score (nSPS) is 9.64. The van der Waals surface area contributed by atoms with Gasteiger partial charge in [0.1, 0.15) is 0 Å². The van der Waals surface area contributed by atoms with Gasteiger partial charge in [-0.1, -0.05) is 11.6 Å². The topological polar surface area (TPSA) is 26.3 Å². The molecule has 1 rings (SSSR count). The van der Waals surface area contributed by atoms with Crippen molar-refractivity contribution in [2.24, 2.45) is 0 Å². The molecule has 0 aromatic carbocycles. The zero-order valence-corrected chi connectivity index (χ0v) is 9.48. The van der Waals surface area contributed by atoms with E-state index in [-0.39, 0.29) is 5.97 Å². The van der Waals surface area contributed by atoms with Crippen LogP contribution in [0, 0.1) is 0 Å². The van der Waals surface area contributed by atoms with Gasteiger partial charge in [-0.05, 0) is 32.2 Å². The lowest BCUT2D eigenvalue weighted by Crippen LogP contribution is -2.07. The largest absolute Gasteiger partial charge is 0.462 e. The average Bonchev–Trinajstić information content (AvgIpc) is 2.57. The monoisotopic (exact) mass is 210 g/mol. The zero-order valence-electron chi connectivity index (χ0n) is 8.66. The minimum absolute atomic E-state index is 0.227. The summed E-state index contributed by atoms with van der Waals surface area (Å²) in [5.41, 5.74) is 1.69. The number of carbonyl (C=O) groups excluding carboxylic acids is 1. The second kappa shape index (κ2) is 4.96. The first kappa shape index (κ1) is 11.0. The highest BCUT2D eigenvalue weighted by molar-refractivity contribution is 7.11. The number of esters is 1. The molecule has 0 spiro atoms. The molecule has 0 aliphatic rings. The van der Waals surface area contributed by atoms with Crippen LogP contribution in [0.3, 0.4) is 0 Å². The highest BCUT2D eigenvalue weighted by atomic mass is 32.1. The Kier molecular flexibility index (Phi) is 3.89. The van der Waals surface area contributed by atoms with Crippen LogP contribution < -0.4 is 0 Å². The van der Waals surface area contributed by atoms with Crippen LogP contribution in [0.5, 0.6) is 0 Å². The van der Waals surface area contributed by atoms with Gasteiger partial charge in [-0.3, -0.25) is 0 Å². The van der Waals surface area contributed by atoms with Gasteiger partial charge in [0.05, 0.1) is 12.2 Å². The van der Waals surface area contributed by atoms with Gasteiger partial charge in [0, 0.05) is 4.88 Å². The molecular weight excluding hydrogens is 196 g/mol. The predicted octanol–water partition coefficient (Wildman–Crippen LogP) is 3.10. The number of thiophene rings is 1. The molecule has 0 bridgehead atoms. The van der Waals surface area contributed by atoms with Gasteiger partial charge < -0.3 is 4.74 Å². The van der Waals surface area contributed by atoms with E-state index in [1.54, 1.807) is 11.3 Å². The van der Waals surface area contributed by atoms with Gasteiger partial charge in [0.2, 0.25) is 0 Å². The molecule has 0 fully saturated rings. The van der Waals surface area contributed by atoms with E-state index in [0.717, 1.165) is 10.5 Å². The summed E-state index contributed by atoms with van der Waals surface area (Å²) < 4.78 is 5.00. The summed E-state index contributed by atoms with van der Waals surface area (Å²) in [6, 6.07) is 3.87. The maximum atomic E-state index is 11.6. The van der Waals surface area contributed by atoms with Crippen molar-refractivity contribution >= 4 is 22.9 Å². The number of ether oxygens (including phenoxy) is 1. The first-order chi connectivity index (χ1) is 6.66. The number of rotatable bonds is 3. The lowest BCUT2D eigenvalue weighted by Gasteiger charge is -2.06. The van der Waals surface area contributed by atoms with Crippen LogP contribution >= 0.6 is 11.3 Å². The molecule has 0 N–H and O–H groups in total. The summed E-state index contributed by atoms with van der Waals surface area (Å²) in [6.07, 6.45) is 0. The van der Waals surface area contributed by atoms with Crippen molar-refractivity contribution in [3.63, 3.8) is 0 Å². The predicted molar refractivity (Wildman–Crippen MR) is 59.2 cm³/mol. The van der Waals surface area contributed by atoms with Gasteiger partial charge in [-0.15, -0.1) is 11.3 Å². The SMILES string of the molecule is CCOC(=O)C(=C(C)C)c1cccs1. The minimum atomic E-state index is -0.227. The third-order valence-electron chi connectivity index (χ3n) is 1.75. The Morgan fingerprint density at radius 2 is 2.21 bits per heavy atom. The van der Waals surface area contributed by atoms with Crippen LogP contribution in [-0.2, 0) is 9.53 Å². The maximum Gasteiger partial charge on any atom is 0.339 e. The standard InChI is InChI=1S/C11H14O2S/c1-4-13-11(12)10(8(2)3)9-6-5-7-14-9/h5-7H,4H2,1-3H3. The van der Waals surface area contributed by atoms with Gasteiger partial charge >= 0.3 is 5.97 Å². The van der Waals surface area contributed by atoms with E-state index < -0.39 is 0 Å².